The smallest absolute Gasteiger partial charge is 0.341 e. The van der Waals surface area contributed by atoms with Gasteiger partial charge >= 0.3 is 5.97 Å². The molecule has 7 nitrogen and oxygen atoms in total. The number of anilines is 1. The van der Waals surface area contributed by atoms with E-state index in [9.17, 15) is 18.0 Å². The quantitative estimate of drug-likeness (QED) is 0.300. The van der Waals surface area contributed by atoms with Crippen LogP contribution in [0.5, 0.6) is 0 Å². The predicted octanol–water partition coefficient (Wildman–Crippen LogP) is 5.31. The fourth-order valence-electron chi connectivity index (χ4n) is 4.17. The van der Waals surface area contributed by atoms with Crippen molar-refractivity contribution >= 4 is 38.1 Å². The van der Waals surface area contributed by atoms with Crippen LogP contribution in [0.4, 0.5) is 5.00 Å². The zero-order chi connectivity index (χ0) is 25.7. The Labute approximate surface area is 216 Å². The minimum atomic E-state index is -3.57. The van der Waals surface area contributed by atoms with Gasteiger partial charge in [0.25, 0.3) is 0 Å². The average molecular weight is 527 g/mol. The molecular formula is C27H30N2O5S2. The maximum atomic E-state index is 12.9. The molecule has 1 aromatic heterocycles. The van der Waals surface area contributed by atoms with E-state index in [1.54, 1.807) is 19.1 Å². The number of hydrogen-bond acceptors (Lipinski definition) is 7. The van der Waals surface area contributed by atoms with Crippen LogP contribution >= 0.6 is 11.3 Å². The van der Waals surface area contributed by atoms with Crippen LogP contribution in [-0.4, -0.2) is 50.7 Å². The third-order valence-corrected chi connectivity index (χ3v) is 9.17. The Balaban J connectivity index is 1.47. The van der Waals surface area contributed by atoms with Gasteiger partial charge in [0.1, 0.15) is 10.6 Å². The van der Waals surface area contributed by atoms with E-state index in [0.29, 0.717) is 35.1 Å². The van der Waals surface area contributed by atoms with Crippen molar-refractivity contribution < 1.29 is 22.7 Å². The van der Waals surface area contributed by atoms with Crippen LogP contribution in [0, 0.1) is 5.92 Å². The lowest BCUT2D eigenvalue weighted by Crippen LogP contribution is -2.37. The number of carbonyl (C=O) groups is 2. The van der Waals surface area contributed by atoms with Crippen molar-refractivity contribution in [3.8, 4) is 11.1 Å². The molecule has 0 aliphatic carbocycles. The zero-order valence-corrected chi connectivity index (χ0v) is 22.0. The summed E-state index contributed by atoms with van der Waals surface area (Å²) < 4.78 is 32.7. The highest BCUT2D eigenvalue weighted by Gasteiger charge is 2.28. The van der Waals surface area contributed by atoms with E-state index >= 15 is 0 Å². The van der Waals surface area contributed by atoms with Gasteiger partial charge in [-0.05, 0) is 55.5 Å². The highest BCUT2D eigenvalue weighted by molar-refractivity contribution is 7.89. The molecule has 9 heteroatoms. The third-order valence-electron chi connectivity index (χ3n) is 6.32. The van der Waals surface area contributed by atoms with E-state index in [1.165, 1.54) is 27.8 Å². The van der Waals surface area contributed by atoms with Crippen LogP contribution in [0.3, 0.4) is 0 Å². The second-order valence-corrected chi connectivity index (χ2v) is 11.6. The molecule has 4 rings (SSSR count). The lowest BCUT2D eigenvalue weighted by atomic mass is 10.0. The van der Waals surface area contributed by atoms with Crippen molar-refractivity contribution in [3.63, 3.8) is 0 Å². The van der Waals surface area contributed by atoms with Crippen molar-refractivity contribution in [1.82, 2.24) is 4.31 Å². The Morgan fingerprint density at radius 3 is 2.36 bits per heavy atom. The number of sulfonamides is 1. The van der Waals surface area contributed by atoms with Gasteiger partial charge in [0.2, 0.25) is 10.0 Å². The molecule has 36 heavy (non-hydrogen) atoms. The van der Waals surface area contributed by atoms with Gasteiger partial charge in [0, 0.05) is 29.6 Å². The standard InChI is InChI=1S/C27H30N2O5S2/c1-3-34-27(31)25-23(20-7-5-4-6-8-20)18-35-26(25)28-17-24(30)21-9-11-22(12-10-21)36(32,33)29-15-13-19(2)14-16-29/h4-12,18-19,28H,3,13-17H2,1-2H3. The number of ether oxygens (including phenoxy) is 1. The van der Waals surface area contributed by atoms with Gasteiger partial charge in [-0.15, -0.1) is 11.3 Å². The number of Topliss-reactive ketones (excluding diaryl/α,β-unsaturated/α-hetero) is 1. The Hall–Kier alpha value is -3.01. The third kappa shape index (κ3) is 5.69. The van der Waals surface area contributed by atoms with Crippen LogP contribution in [0.25, 0.3) is 11.1 Å². The molecule has 0 unspecified atom stereocenters. The maximum Gasteiger partial charge on any atom is 0.341 e. The predicted molar refractivity (Wildman–Crippen MR) is 142 cm³/mol. The van der Waals surface area contributed by atoms with Gasteiger partial charge in [-0.1, -0.05) is 37.3 Å². The molecule has 0 saturated carbocycles. The molecule has 3 aromatic rings. The van der Waals surface area contributed by atoms with Gasteiger partial charge in [-0.2, -0.15) is 4.31 Å². The Morgan fingerprint density at radius 1 is 1.06 bits per heavy atom. The summed E-state index contributed by atoms with van der Waals surface area (Å²) in [5.74, 6) is -0.134. The summed E-state index contributed by atoms with van der Waals surface area (Å²) in [4.78, 5) is 25.8. The number of carbonyl (C=O) groups excluding carboxylic acids is 2. The number of rotatable bonds is 9. The SMILES string of the molecule is CCOC(=O)c1c(-c2ccccc2)csc1NCC(=O)c1ccc(S(=O)(=O)N2CCC(C)CC2)cc1. The monoisotopic (exact) mass is 526 g/mol. The summed E-state index contributed by atoms with van der Waals surface area (Å²) in [7, 11) is -3.57. The molecule has 1 saturated heterocycles. The molecule has 190 valence electrons. The van der Waals surface area contributed by atoms with Crippen molar-refractivity contribution in [3.05, 3.63) is 71.1 Å². The second-order valence-electron chi connectivity index (χ2n) is 8.83. The Morgan fingerprint density at radius 2 is 1.72 bits per heavy atom. The fourth-order valence-corrected chi connectivity index (χ4v) is 6.60. The number of ketones is 1. The van der Waals surface area contributed by atoms with Crippen LogP contribution < -0.4 is 5.32 Å². The average Bonchev–Trinajstić information content (AvgIpc) is 3.32. The van der Waals surface area contributed by atoms with Crippen LogP contribution in [0.2, 0.25) is 0 Å². The van der Waals surface area contributed by atoms with Crippen LogP contribution in [0.1, 0.15) is 47.4 Å². The highest BCUT2D eigenvalue weighted by Crippen LogP contribution is 2.36. The van der Waals surface area contributed by atoms with E-state index in [2.05, 4.69) is 12.2 Å². The maximum absolute atomic E-state index is 12.9. The minimum Gasteiger partial charge on any atom is -0.462 e. The van der Waals surface area contributed by atoms with Gasteiger partial charge in [-0.25, -0.2) is 13.2 Å². The van der Waals surface area contributed by atoms with E-state index in [0.717, 1.165) is 24.0 Å². The zero-order valence-electron chi connectivity index (χ0n) is 20.4. The molecular weight excluding hydrogens is 496 g/mol. The lowest BCUT2D eigenvalue weighted by molar-refractivity contribution is 0.0528. The van der Waals surface area contributed by atoms with Crippen molar-refractivity contribution in [2.45, 2.75) is 31.6 Å². The van der Waals surface area contributed by atoms with Crippen molar-refractivity contribution in [2.75, 3.05) is 31.6 Å². The molecule has 1 aliphatic rings. The molecule has 0 amide bonds. The lowest BCUT2D eigenvalue weighted by Gasteiger charge is -2.29. The van der Waals surface area contributed by atoms with E-state index in [1.807, 2.05) is 35.7 Å². The number of esters is 1. The first-order valence-electron chi connectivity index (χ1n) is 12.0. The van der Waals surface area contributed by atoms with Gasteiger partial charge in [0.05, 0.1) is 18.0 Å². The molecule has 0 spiro atoms. The summed E-state index contributed by atoms with van der Waals surface area (Å²) >= 11 is 1.34. The number of nitrogens with one attached hydrogen (secondary N) is 1. The van der Waals surface area contributed by atoms with Crippen molar-refractivity contribution in [1.29, 1.82) is 0 Å². The topological polar surface area (TPSA) is 92.8 Å². The molecule has 1 N–H and O–H groups in total. The van der Waals surface area contributed by atoms with Gasteiger partial charge < -0.3 is 10.1 Å². The molecule has 2 heterocycles. The molecule has 0 bridgehead atoms. The number of hydrogen-bond donors (Lipinski definition) is 1. The first-order valence-corrected chi connectivity index (χ1v) is 14.3. The summed E-state index contributed by atoms with van der Waals surface area (Å²) in [5.41, 5.74) is 2.43. The van der Waals surface area contributed by atoms with Gasteiger partial charge in [-0.3, -0.25) is 4.79 Å². The molecule has 2 aromatic carbocycles. The summed E-state index contributed by atoms with van der Waals surface area (Å²) in [6.07, 6.45) is 1.70. The normalized spacial score (nSPS) is 14.9. The highest BCUT2D eigenvalue weighted by atomic mass is 32.2. The first kappa shape index (κ1) is 26.1. The van der Waals surface area contributed by atoms with Crippen LogP contribution in [0.15, 0.2) is 64.9 Å². The van der Waals surface area contributed by atoms with Crippen LogP contribution in [-0.2, 0) is 14.8 Å². The van der Waals surface area contributed by atoms with Gasteiger partial charge in [0.15, 0.2) is 5.78 Å². The van der Waals surface area contributed by atoms with E-state index in [4.69, 9.17) is 4.74 Å². The molecule has 1 aliphatic heterocycles. The van der Waals surface area contributed by atoms with E-state index in [-0.39, 0.29) is 23.8 Å². The number of piperidine rings is 1. The first-order chi connectivity index (χ1) is 17.3. The summed E-state index contributed by atoms with van der Waals surface area (Å²) in [6, 6.07) is 15.6. The fraction of sp³-hybridized carbons (Fsp3) is 0.333. The van der Waals surface area contributed by atoms with Crippen molar-refractivity contribution in [2.24, 2.45) is 5.92 Å². The number of thiophene rings is 1. The second kappa shape index (κ2) is 11.4. The number of benzene rings is 2. The largest absolute Gasteiger partial charge is 0.462 e. The summed E-state index contributed by atoms with van der Waals surface area (Å²) in [6.45, 7) is 5.11. The van der Waals surface area contributed by atoms with E-state index < -0.39 is 16.0 Å². The number of nitrogens with zero attached hydrogens (tertiary/aromatic N) is 1. The minimum absolute atomic E-state index is 0.0444. The molecule has 0 radical (unpaired) electrons. The molecule has 1 fully saturated rings. The Kier molecular flexibility index (Phi) is 8.23. The Bertz CT molecular complexity index is 1310. The molecule has 0 atom stereocenters. The summed E-state index contributed by atoms with van der Waals surface area (Å²) in [5, 5.41) is 5.51.